The molecule has 8 bridgehead atoms. The smallest absolute Gasteiger partial charge is 0.334 e. The summed E-state index contributed by atoms with van der Waals surface area (Å²) in [5.74, 6) is 3.27. The van der Waals surface area contributed by atoms with Gasteiger partial charge >= 0.3 is 11.9 Å². The minimum atomic E-state index is -1.61. The largest absolute Gasteiger partial charge is 0.508 e. The Hall–Kier alpha value is -4.99. The third-order valence-electron chi connectivity index (χ3n) is 12.1. The van der Waals surface area contributed by atoms with Gasteiger partial charge in [-0.3, -0.25) is 9.59 Å². The minimum Gasteiger partial charge on any atom is -0.508 e. The van der Waals surface area contributed by atoms with Crippen LogP contribution in [-0.4, -0.2) is 73.7 Å². The average Bonchev–Trinajstić information content (AvgIpc) is 3.19. The fraction of sp³-hybridized carbons (Fsp3) is 0.468. The van der Waals surface area contributed by atoms with E-state index in [4.69, 9.17) is 9.47 Å². The summed E-state index contributed by atoms with van der Waals surface area (Å²) in [6, 6.07) is 16.2. The van der Waals surface area contributed by atoms with E-state index in [2.05, 4.69) is 17.2 Å². The molecule has 3 aromatic rings. The highest BCUT2D eigenvalue weighted by atomic mass is 16.6. The van der Waals surface area contributed by atoms with Crippen LogP contribution in [-0.2, 0) is 45.0 Å². The molecule has 1 aliphatic carbocycles. The van der Waals surface area contributed by atoms with Crippen molar-refractivity contribution in [3.63, 3.8) is 0 Å². The van der Waals surface area contributed by atoms with Crippen LogP contribution in [0.25, 0.3) is 0 Å². The molecule has 11 heteroatoms. The van der Waals surface area contributed by atoms with Crippen LogP contribution in [0.15, 0.2) is 66.2 Å². The molecule has 6 N–H and O–H groups in total. The number of aliphatic hydroxyl groups is 4. The lowest BCUT2D eigenvalue weighted by Gasteiger charge is -2.45. The molecule has 1 fully saturated rings. The number of phenolic OH excluding ortho intramolecular Hbond substituents is 1. The Morgan fingerprint density at radius 3 is 2.50 bits per heavy atom. The lowest BCUT2D eigenvalue weighted by Crippen LogP contribution is -2.54. The zero-order chi connectivity index (χ0) is 41.1. The van der Waals surface area contributed by atoms with Gasteiger partial charge in [0.2, 0.25) is 0 Å². The monoisotopic (exact) mass is 791 g/mol. The molecule has 1 saturated carbocycles. The number of hydrogen-bond donors (Lipinski definition) is 6. The molecule has 0 spiro atoms. The number of aromatic hydroxyl groups is 1. The van der Waals surface area contributed by atoms with E-state index in [0.29, 0.717) is 53.6 Å². The number of ketones is 1. The second kappa shape index (κ2) is 17.5. The highest BCUT2D eigenvalue weighted by Crippen LogP contribution is 2.45. The van der Waals surface area contributed by atoms with Gasteiger partial charge < -0.3 is 40.3 Å². The van der Waals surface area contributed by atoms with Crippen LogP contribution in [0.1, 0.15) is 104 Å². The number of Topliss-reactive ketones (excluding diaryl/α,β-unsaturated/α-hetero) is 1. The molecule has 0 radical (unpaired) electrons. The lowest BCUT2D eigenvalue weighted by molar-refractivity contribution is -0.176. The molecule has 0 saturated heterocycles. The predicted octanol–water partition coefficient (Wildman–Crippen LogP) is 5.32. The SMILES string of the molecule is CCCC1(O)C2CCC(=O)C(Cc3cccc(c3)CC(O)C=C3CC(c4cc(CO)cc(NCC(C)O)c4)C#CC4CC(=O)Oc5cc(O)c(cc54)CC1OC3=O)C2. The summed E-state index contributed by atoms with van der Waals surface area (Å²) in [6.45, 7) is 3.54. The van der Waals surface area contributed by atoms with Gasteiger partial charge in [0.1, 0.15) is 29.0 Å². The van der Waals surface area contributed by atoms with Crippen LogP contribution < -0.4 is 10.1 Å². The molecule has 0 aromatic heterocycles. The number of rotatable bonds is 7. The zero-order valence-electron chi connectivity index (χ0n) is 33.1. The summed E-state index contributed by atoms with van der Waals surface area (Å²) >= 11 is 0. The molecular weight excluding hydrogens is 739 g/mol. The predicted molar refractivity (Wildman–Crippen MR) is 216 cm³/mol. The van der Waals surface area contributed by atoms with Gasteiger partial charge in [0.25, 0.3) is 0 Å². The van der Waals surface area contributed by atoms with E-state index in [1.165, 1.54) is 12.1 Å². The molecule has 8 atom stereocenters. The maximum atomic E-state index is 14.8. The van der Waals surface area contributed by atoms with Crippen LogP contribution in [0.3, 0.4) is 0 Å². The number of benzene rings is 3. The van der Waals surface area contributed by atoms with Gasteiger partial charge in [-0.1, -0.05) is 55.5 Å². The van der Waals surface area contributed by atoms with Crippen molar-refractivity contribution in [1.82, 2.24) is 0 Å². The highest BCUT2D eigenvalue weighted by Gasteiger charge is 2.49. The van der Waals surface area contributed by atoms with Crippen molar-refractivity contribution >= 4 is 23.4 Å². The summed E-state index contributed by atoms with van der Waals surface area (Å²) in [5.41, 5.74) is 3.04. The Labute approximate surface area is 339 Å². The number of hydrogen-bond acceptors (Lipinski definition) is 11. The first-order valence-electron chi connectivity index (χ1n) is 20.5. The number of carbonyl (C=O) groups excluding carboxylic acids is 3. The van der Waals surface area contributed by atoms with Gasteiger partial charge in [0.05, 0.1) is 31.2 Å². The highest BCUT2D eigenvalue weighted by molar-refractivity contribution is 5.89. The molecular formula is C47H53NO10. The van der Waals surface area contributed by atoms with E-state index >= 15 is 0 Å². The number of aliphatic hydroxyl groups excluding tert-OH is 3. The Morgan fingerprint density at radius 2 is 1.74 bits per heavy atom. The first-order chi connectivity index (χ1) is 27.8. The number of esters is 2. The molecule has 11 nitrogen and oxygen atoms in total. The molecule has 3 aromatic carbocycles. The van der Waals surface area contributed by atoms with Crippen molar-refractivity contribution < 1.29 is 49.4 Å². The van der Waals surface area contributed by atoms with Crippen LogP contribution in [0.4, 0.5) is 5.69 Å². The number of ether oxygens (including phenoxy) is 2. The molecule has 3 heterocycles. The Balaban J connectivity index is 1.43. The number of carbonyl (C=O) groups is 3. The van der Waals surface area contributed by atoms with E-state index in [1.54, 1.807) is 25.1 Å². The van der Waals surface area contributed by atoms with Crippen LogP contribution >= 0.6 is 0 Å². The number of nitrogens with one attached hydrogen (secondary N) is 1. The van der Waals surface area contributed by atoms with Crippen molar-refractivity contribution in [1.29, 1.82) is 0 Å². The van der Waals surface area contributed by atoms with Gasteiger partial charge in [-0.15, -0.1) is 0 Å². The van der Waals surface area contributed by atoms with Crippen molar-refractivity contribution in [2.75, 3.05) is 11.9 Å². The fourth-order valence-electron chi connectivity index (χ4n) is 9.22. The molecule has 7 rings (SSSR count). The summed E-state index contributed by atoms with van der Waals surface area (Å²) in [7, 11) is 0. The van der Waals surface area contributed by atoms with Gasteiger partial charge in [0, 0.05) is 60.5 Å². The van der Waals surface area contributed by atoms with E-state index in [9.17, 15) is 39.9 Å². The molecule has 58 heavy (non-hydrogen) atoms. The van der Waals surface area contributed by atoms with Crippen molar-refractivity contribution in [3.8, 4) is 23.3 Å². The third kappa shape index (κ3) is 9.16. The Kier molecular flexibility index (Phi) is 12.4. The first kappa shape index (κ1) is 41.2. The van der Waals surface area contributed by atoms with Crippen LogP contribution in [0.2, 0.25) is 0 Å². The van der Waals surface area contributed by atoms with Gasteiger partial charge in [0.15, 0.2) is 0 Å². The number of phenols is 1. The van der Waals surface area contributed by atoms with Gasteiger partial charge in [-0.25, -0.2) is 4.79 Å². The molecule has 0 amide bonds. The van der Waals surface area contributed by atoms with Crippen LogP contribution in [0, 0.1) is 23.7 Å². The molecule has 8 unspecified atom stereocenters. The maximum absolute atomic E-state index is 14.8. The van der Waals surface area contributed by atoms with Crippen molar-refractivity contribution in [3.05, 3.63) is 99.6 Å². The van der Waals surface area contributed by atoms with E-state index in [0.717, 1.165) is 11.1 Å². The van der Waals surface area contributed by atoms with E-state index < -0.39 is 53.6 Å². The molecule has 306 valence electrons. The minimum absolute atomic E-state index is 0.0422. The molecule has 4 aliphatic rings. The van der Waals surface area contributed by atoms with E-state index in [-0.39, 0.29) is 80.4 Å². The summed E-state index contributed by atoms with van der Waals surface area (Å²) in [5, 5.41) is 59.6. The van der Waals surface area contributed by atoms with E-state index in [1.807, 2.05) is 37.3 Å². The number of anilines is 1. The van der Waals surface area contributed by atoms with Crippen molar-refractivity contribution in [2.45, 2.75) is 120 Å². The fourth-order valence-corrected chi connectivity index (χ4v) is 9.22. The van der Waals surface area contributed by atoms with Gasteiger partial charge in [-0.2, -0.15) is 0 Å². The summed E-state index contributed by atoms with van der Waals surface area (Å²) in [4.78, 5) is 41.2. The lowest BCUT2D eigenvalue weighted by atomic mass is 9.66. The summed E-state index contributed by atoms with van der Waals surface area (Å²) in [6.07, 6.45) is 0.806. The summed E-state index contributed by atoms with van der Waals surface area (Å²) < 4.78 is 12.1. The van der Waals surface area contributed by atoms with Crippen LogP contribution in [0.5, 0.6) is 11.5 Å². The quantitative estimate of drug-likeness (QED) is 0.104. The Morgan fingerprint density at radius 1 is 0.966 bits per heavy atom. The standard InChI is InChI=1S/C47H53NO10/c1-3-11-47(56)37-9-10-41(52)34(18-37)13-28-5-4-6-29(12-28)16-39(51)20-36-17-31(33-14-30(26-49)15-38(19-33)48-25-27(2)50)7-8-32-23-45(54)57-43-24-42(53)35(21-40(32)43)22-44(47)58-46(36)55/h4-6,12,14-15,19-21,24,27,31-32,34,37,39,44,48-51,53,56H,3,9-11,13,16-18,22-23,25-26H2,1-2H3. The first-order valence-corrected chi connectivity index (χ1v) is 20.5. The Bertz CT molecular complexity index is 2150. The normalized spacial score (nSPS) is 27.8. The van der Waals surface area contributed by atoms with Gasteiger partial charge in [-0.05, 0) is 97.0 Å². The third-order valence-corrected chi connectivity index (χ3v) is 12.1. The number of fused-ring (bicyclic) bond motifs is 8. The topological polar surface area (TPSA) is 183 Å². The second-order valence-electron chi connectivity index (χ2n) is 16.6. The molecule has 3 aliphatic heterocycles. The maximum Gasteiger partial charge on any atom is 0.334 e. The zero-order valence-corrected chi connectivity index (χ0v) is 33.1. The van der Waals surface area contributed by atoms with Crippen molar-refractivity contribution in [2.24, 2.45) is 11.8 Å². The second-order valence-corrected chi connectivity index (χ2v) is 16.6. The average molecular weight is 792 g/mol.